The van der Waals surface area contributed by atoms with Crippen LogP contribution >= 0.6 is 0 Å². The zero-order chi connectivity index (χ0) is 19.4. The summed E-state index contributed by atoms with van der Waals surface area (Å²) in [5.41, 5.74) is 9.99. The van der Waals surface area contributed by atoms with Crippen molar-refractivity contribution in [1.29, 1.82) is 0 Å². The minimum atomic E-state index is -0.409. The number of hydrogen-bond acceptors (Lipinski definition) is 4. The second kappa shape index (κ2) is 5.88. The SMILES string of the molecule is CCc1cc2c(-c3ccc(F)c4[nH]ncc34)c(N)c(=O)[nH]c2c2cccnc12. The molecule has 2 aromatic carbocycles. The van der Waals surface area contributed by atoms with Gasteiger partial charge in [0.2, 0.25) is 0 Å². The van der Waals surface area contributed by atoms with Gasteiger partial charge in [-0.2, -0.15) is 5.10 Å². The maximum atomic E-state index is 14.2. The molecule has 0 aliphatic rings. The summed E-state index contributed by atoms with van der Waals surface area (Å²) >= 11 is 0. The van der Waals surface area contributed by atoms with Crippen LogP contribution in [0.3, 0.4) is 0 Å². The fourth-order valence-corrected chi connectivity index (χ4v) is 3.87. The van der Waals surface area contributed by atoms with E-state index in [2.05, 4.69) is 27.1 Å². The second-order valence-corrected chi connectivity index (χ2v) is 6.71. The number of fused-ring (bicyclic) bond motifs is 4. The monoisotopic (exact) mass is 373 g/mol. The number of aromatic amines is 2. The van der Waals surface area contributed by atoms with Crippen molar-refractivity contribution >= 4 is 38.4 Å². The van der Waals surface area contributed by atoms with Crippen molar-refractivity contribution in [3.05, 3.63) is 64.5 Å². The van der Waals surface area contributed by atoms with E-state index in [-0.39, 0.29) is 11.2 Å². The smallest absolute Gasteiger partial charge is 0.272 e. The molecule has 0 saturated heterocycles. The van der Waals surface area contributed by atoms with Gasteiger partial charge >= 0.3 is 0 Å². The van der Waals surface area contributed by atoms with Crippen LogP contribution in [0.4, 0.5) is 10.1 Å². The topological polar surface area (TPSA) is 100 Å². The summed E-state index contributed by atoms with van der Waals surface area (Å²) in [6.45, 7) is 2.05. The molecule has 5 rings (SSSR count). The van der Waals surface area contributed by atoms with Crippen molar-refractivity contribution < 1.29 is 4.39 Å². The highest BCUT2D eigenvalue weighted by atomic mass is 19.1. The number of nitrogen functional groups attached to an aromatic ring is 1. The Kier molecular flexibility index (Phi) is 3.45. The fraction of sp³-hybridized carbons (Fsp3) is 0.0952. The molecule has 0 aliphatic heterocycles. The number of anilines is 1. The number of nitrogens with zero attached hydrogens (tertiary/aromatic N) is 2. The van der Waals surface area contributed by atoms with Crippen molar-refractivity contribution in [1.82, 2.24) is 20.2 Å². The molecule has 3 aromatic heterocycles. The lowest BCUT2D eigenvalue weighted by molar-refractivity contribution is 0.636. The van der Waals surface area contributed by atoms with Crippen molar-refractivity contribution in [3.63, 3.8) is 0 Å². The molecule has 0 aliphatic carbocycles. The summed E-state index contributed by atoms with van der Waals surface area (Å²) in [7, 11) is 0. The van der Waals surface area contributed by atoms with E-state index < -0.39 is 11.4 Å². The molecule has 138 valence electrons. The van der Waals surface area contributed by atoms with Crippen LogP contribution < -0.4 is 11.3 Å². The van der Waals surface area contributed by atoms with Crippen molar-refractivity contribution in [2.24, 2.45) is 0 Å². The minimum Gasteiger partial charge on any atom is -0.394 e. The van der Waals surface area contributed by atoms with Crippen LogP contribution in [0.5, 0.6) is 0 Å². The predicted octanol–water partition coefficient (Wildman–Crippen LogP) is 3.90. The predicted molar refractivity (Wildman–Crippen MR) is 109 cm³/mol. The molecule has 0 radical (unpaired) electrons. The Labute approximate surface area is 158 Å². The highest BCUT2D eigenvalue weighted by Crippen LogP contribution is 2.38. The molecule has 0 saturated carbocycles. The first-order chi connectivity index (χ1) is 13.6. The third-order valence-corrected chi connectivity index (χ3v) is 5.21. The highest BCUT2D eigenvalue weighted by Gasteiger charge is 2.19. The molecule has 0 bridgehead atoms. The summed E-state index contributed by atoms with van der Waals surface area (Å²) in [5, 5.41) is 8.85. The molecule has 6 nitrogen and oxygen atoms in total. The van der Waals surface area contributed by atoms with Gasteiger partial charge in [0.05, 0.1) is 17.2 Å². The zero-order valence-corrected chi connectivity index (χ0v) is 15.0. The number of halogens is 1. The number of aryl methyl sites for hydroxylation is 1. The van der Waals surface area contributed by atoms with Gasteiger partial charge in [0.25, 0.3) is 5.56 Å². The molecule has 0 unspecified atom stereocenters. The molecule has 3 heterocycles. The molecule has 7 heteroatoms. The Bertz CT molecular complexity index is 1450. The number of rotatable bonds is 2. The quantitative estimate of drug-likeness (QED) is 0.409. The average molecular weight is 373 g/mol. The minimum absolute atomic E-state index is 0.0897. The maximum absolute atomic E-state index is 14.2. The molecule has 0 fully saturated rings. The zero-order valence-electron chi connectivity index (χ0n) is 15.0. The van der Waals surface area contributed by atoms with Gasteiger partial charge < -0.3 is 10.7 Å². The molecule has 0 spiro atoms. The normalized spacial score (nSPS) is 11.6. The number of hydrogen-bond donors (Lipinski definition) is 3. The molecular weight excluding hydrogens is 357 g/mol. The lowest BCUT2D eigenvalue weighted by Gasteiger charge is -2.14. The first kappa shape index (κ1) is 16.4. The van der Waals surface area contributed by atoms with Gasteiger partial charge in [0, 0.05) is 27.9 Å². The summed E-state index contributed by atoms with van der Waals surface area (Å²) in [5.74, 6) is -0.409. The van der Waals surface area contributed by atoms with Gasteiger partial charge in [-0.1, -0.05) is 13.0 Å². The van der Waals surface area contributed by atoms with E-state index in [1.54, 1.807) is 18.5 Å². The number of nitrogens with two attached hydrogens (primary N) is 1. The highest BCUT2D eigenvalue weighted by molar-refractivity contribution is 6.14. The average Bonchev–Trinajstić information content (AvgIpc) is 3.21. The summed E-state index contributed by atoms with van der Waals surface area (Å²) in [4.78, 5) is 20.1. The summed E-state index contributed by atoms with van der Waals surface area (Å²) < 4.78 is 14.2. The number of nitrogens with one attached hydrogen (secondary N) is 2. The van der Waals surface area contributed by atoms with E-state index in [4.69, 9.17) is 5.73 Å². The maximum Gasteiger partial charge on any atom is 0.272 e. The van der Waals surface area contributed by atoms with E-state index in [9.17, 15) is 9.18 Å². The Morgan fingerprint density at radius 3 is 2.82 bits per heavy atom. The van der Waals surface area contributed by atoms with Crippen LogP contribution in [0.2, 0.25) is 0 Å². The van der Waals surface area contributed by atoms with Crippen LogP contribution in [-0.2, 0) is 6.42 Å². The van der Waals surface area contributed by atoms with E-state index in [1.165, 1.54) is 6.07 Å². The molecule has 0 amide bonds. The van der Waals surface area contributed by atoms with Gasteiger partial charge in [-0.05, 0) is 41.8 Å². The molecular formula is C21H16FN5O. The van der Waals surface area contributed by atoms with Crippen LogP contribution in [0.25, 0.3) is 43.8 Å². The first-order valence-electron chi connectivity index (χ1n) is 8.94. The van der Waals surface area contributed by atoms with Gasteiger partial charge in [-0.15, -0.1) is 0 Å². The van der Waals surface area contributed by atoms with Gasteiger partial charge in [-0.25, -0.2) is 4.39 Å². The van der Waals surface area contributed by atoms with Gasteiger partial charge in [0.1, 0.15) is 17.0 Å². The van der Waals surface area contributed by atoms with E-state index in [1.807, 2.05) is 18.2 Å². The number of aromatic nitrogens is 4. The van der Waals surface area contributed by atoms with Crippen molar-refractivity contribution in [2.45, 2.75) is 13.3 Å². The number of pyridine rings is 2. The third kappa shape index (κ3) is 2.16. The number of H-pyrrole nitrogens is 2. The van der Waals surface area contributed by atoms with Crippen molar-refractivity contribution in [2.75, 3.05) is 5.73 Å². The van der Waals surface area contributed by atoms with Crippen molar-refractivity contribution in [3.8, 4) is 11.1 Å². The first-order valence-corrected chi connectivity index (χ1v) is 8.94. The van der Waals surface area contributed by atoms with Crippen LogP contribution in [0.1, 0.15) is 12.5 Å². The van der Waals surface area contributed by atoms with E-state index in [0.29, 0.717) is 22.0 Å². The third-order valence-electron chi connectivity index (χ3n) is 5.21. The summed E-state index contributed by atoms with van der Waals surface area (Å²) in [6.07, 6.45) is 4.05. The molecule has 4 N–H and O–H groups in total. The lowest BCUT2D eigenvalue weighted by atomic mass is 9.93. The van der Waals surface area contributed by atoms with Crippen LogP contribution in [0.15, 0.2) is 47.5 Å². The van der Waals surface area contributed by atoms with Crippen LogP contribution in [-0.4, -0.2) is 20.2 Å². The lowest BCUT2D eigenvalue weighted by Crippen LogP contribution is -2.14. The Morgan fingerprint density at radius 1 is 1.14 bits per heavy atom. The molecule has 5 aromatic rings. The standard InChI is InChI=1S/C21H16FN5O/c1-2-10-8-13-16(11-5-6-15(22)20-14(11)9-25-27-20)17(23)21(28)26-19(13)12-4-3-7-24-18(10)12/h3-9H,2,23H2,1H3,(H,25,27)(H,26,28). The van der Waals surface area contributed by atoms with E-state index in [0.717, 1.165) is 28.3 Å². The Balaban J connectivity index is 2.03. The van der Waals surface area contributed by atoms with Crippen LogP contribution in [0, 0.1) is 5.82 Å². The Hall–Kier alpha value is -3.74. The van der Waals surface area contributed by atoms with Gasteiger partial charge in [0.15, 0.2) is 0 Å². The molecule has 28 heavy (non-hydrogen) atoms. The Morgan fingerprint density at radius 2 is 2.00 bits per heavy atom. The largest absolute Gasteiger partial charge is 0.394 e. The number of benzene rings is 2. The fourth-order valence-electron chi connectivity index (χ4n) is 3.87. The van der Waals surface area contributed by atoms with E-state index >= 15 is 0 Å². The second-order valence-electron chi connectivity index (χ2n) is 6.71. The van der Waals surface area contributed by atoms with Gasteiger partial charge in [-0.3, -0.25) is 14.9 Å². The molecule has 0 atom stereocenters. The summed E-state index contributed by atoms with van der Waals surface area (Å²) in [6, 6.07) is 8.75.